The molecular weight excluding hydrogens is 131 g/mol. The standard InChI is InChI=1S/C8H9FO/c1-6-7(5-10)3-2-4-8(6)9/h2-4,10H,5H2,1H3. The lowest BCUT2D eigenvalue weighted by molar-refractivity contribution is 0.280. The second kappa shape index (κ2) is 2.80. The molecule has 0 heterocycles. The Morgan fingerprint density at radius 2 is 2.20 bits per heavy atom. The molecule has 0 saturated heterocycles. The molecule has 2 heteroatoms. The van der Waals surface area contributed by atoms with Crippen molar-refractivity contribution in [3.05, 3.63) is 35.1 Å². The fourth-order valence-corrected chi connectivity index (χ4v) is 0.823. The summed E-state index contributed by atoms with van der Waals surface area (Å²) in [5.41, 5.74) is 1.19. The molecular formula is C8H9FO. The summed E-state index contributed by atoms with van der Waals surface area (Å²) in [6, 6.07) is 4.68. The minimum absolute atomic E-state index is 0.0937. The van der Waals surface area contributed by atoms with Gasteiger partial charge in [0.25, 0.3) is 0 Å². The predicted molar refractivity (Wildman–Crippen MR) is 37.1 cm³/mol. The molecule has 54 valence electrons. The van der Waals surface area contributed by atoms with Gasteiger partial charge in [-0.25, -0.2) is 4.39 Å². The first-order valence-electron chi connectivity index (χ1n) is 3.10. The van der Waals surface area contributed by atoms with E-state index in [2.05, 4.69) is 0 Å². The van der Waals surface area contributed by atoms with Crippen LogP contribution in [0.15, 0.2) is 18.2 Å². The van der Waals surface area contributed by atoms with Crippen LogP contribution in [0.4, 0.5) is 4.39 Å². The Morgan fingerprint density at radius 1 is 1.50 bits per heavy atom. The van der Waals surface area contributed by atoms with Crippen LogP contribution in [-0.2, 0) is 6.61 Å². The second-order valence-electron chi connectivity index (χ2n) is 2.18. The zero-order valence-electron chi connectivity index (χ0n) is 5.76. The number of hydrogen-bond donors (Lipinski definition) is 1. The zero-order chi connectivity index (χ0) is 7.56. The quantitative estimate of drug-likeness (QED) is 0.628. The first-order chi connectivity index (χ1) is 4.75. The molecule has 0 unspecified atom stereocenters. The number of aliphatic hydroxyl groups is 1. The highest BCUT2D eigenvalue weighted by molar-refractivity contribution is 5.26. The maximum Gasteiger partial charge on any atom is 0.126 e. The minimum Gasteiger partial charge on any atom is -0.392 e. The highest BCUT2D eigenvalue weighted by Crippen LogP contribution is 2.10. The summed E-state index contributed by atoms with van der Waals surface area (Å²) in [5, 5.41) is 8.68. The van der Waals surface area contributed by atoms with Gasteiger partial charge in [-0.1, -0.05) is 12.1 Å². The Labute approximate surface area is 59.1 Å². The van der Waals surface area contributed by atoms with Crippen molar-refractivity contribution in [2.45, 2.75) is 13.5 Å². The fraction of sp³-hybridized carbons (Fsp3) is 0.250. The van der Waals surface area contributed by atoms with Gasteiger partial charge in [-0.2, -0.15) is 0 Å². The number of rotatable bonds is 1. The van der Waals surface area contributed by atoms with Crippen molar-refractivity contribution in [2.75, 3.05) is 0 Å². The van der Waals surface area contributed by atoms with Crippen molar-refractivity contribution < 1.29 is 9.50 Å². The summed E-state index contributed by atoms with van der Waals surface area (Å²) in [5.74, 6) is -0.258. The molecule has 1 aromatic rings. The van der Waals surface area contributed by atoms with Crippen molar-refractivity contribution in [1.82, 2.24) is 0 Å². The van der Waals surface area contributed by atoms with Crippen LogP contribution in [0.2, 0.25) is 0 Å². The molecule has 0 aliphatic heterocycles. The van der Waals surface area contributed by atoms with E-state index in [0.717, 1.165) is 0 Å². The molecule has 1 aromatic carbocycles. The smallest absolute Gasteiger partial charge is 0.126 e. The van der Waals surface area contributed by atoms with E-state index in [9.17, 15) is 4.39 Å². The summed E-state index contributed by atoms with van der Waals surface area (Å²) in [4.78, 5) is 0. The lowest BCUT2D eigenvalue weighted by Crippen LogP contribution is -1.90. The third-order valence-electron chi connectivity index (χ3n) is 1.55. The van der Waals surface area contributed by atoms with Gasteiger partial charge in [0.1, 0.15) is 5.82 Å². The van der Waals surface area contributed by atoms with Crippen LogP contribution in [0, 0.1) is 12.7 Å². The largest absolute Gasteiger partial charge is 0.392 e. The van der Waals surface area contributed by atoms with Crippen LogP contribution in [0.25, 0.3) is 0 Å². The fourth-order valence-electron chi connectivity index (χ4n) is 0.823. The van der Waals surface area contributed by atoms with E-state index in [4.69, 9.17) is 5.11 Å². The van der Waals surface area contributed by atoms with Crippen LogP contribution in [-0.4, -0.2) is 5.11 Å². The van der Waals surface area contributed by atoms with E-state index in [0.29, 0.717) is 11.1 Å². The summed E-state index contributed by atoms with van der Waals surface area (Å²) in [6.45, 7) is 1.56. The molecule has 0 saturated carbocycles. The van der Waals surface area contributed by atoms with Crippen LogP contribution in [0.5, 0.6) is 0 Å². The first kappa shape index (κ1) is 7.22. The molecule has 0 aliphatic carbocycles. The molecule has 0 aromatic heterocycles. The van der Waals surface area contributed by atoms with E-state index >= 15 is 0 Å². The van der Waals surface area contributed by atoms with Gasteiger partial charge in [-0.3, -0.25) is 0 Å². The SMILES string of the molecule is Cc1c(F)cccc1CO. The molecule has 0 aliphatic rings. The van der Waals surface area contributed by atoms with Crippen molar-refractivity contribution in [3.8, 4) is 0 Å². The van der Waals surface area contributed by atoms with E-state index in [1.165, 1.54) is 6.07 Å². The summed E-state index contributed by atoms with van der Waals surface area (Å²) in [6.07, 6.45) is 0. The predicted octanol–water partition coefficient (Wildman–Crippen LogP) is 1.63. The van der Waals surface area contributed by atoms with Gasteiger partial charge in [0, 0.05) is 0 Å². The lowest BCUT2D eigenvalue weighted by Gasteiger charge is -2.00. The van der Waals surface area contributed by atoms with Gasteiger partial charge in [0.15, 0.2) is 0 Å². The minimum atomic E-state index is -0.258. The van der Waals surface area contributed by atoms with Gasteiger partial charge in [0.05, 0.1) is 6.61 Å². The third-order valence-corrected chi connectivity index (χ3v) is 1.55. The highest BCUT2D eigenvalue weighted by atomic mass is 19.1. The first-order valence-corrected chi connectivity index (χ1v) is 3.10. The monoisotopic (exact) mass is 140 g/mol. The van der Waals surface area contributed by atoms with Gasteiger partial charge < -0.3 is 5.11 Å². The Morgan fingerprint density at radius 3 is 2.70 bits per heavy atom. The summed E-state index contributed by atoms with van der Waals surface area (Å²) in [7, 11) is 0. The number of benzene rings is 1. The molecule has 0 spiro atoms. The number of aliphatic hydroxyl groups excluding tert-OH is 1. The Balaban J connectivity index is 3.14. The van der Waals surface area contributed by atoms with Crippen LogP contribution < -0.4 is 0 Å². The lowest BCUT2D eigenvalue weighted by atomic mass is 10.1. The van der Waals surface area contributed by atoms with E-state index in [-0.39, 0.29) is 12.4 Å². The normalized spacial score (nSPS) is 9.90. The van der Waals surface area contributed by atoms with Crippen molar-refractivity contribution in [2.24, 2.45) is 0 Å². The van der Waals surface area contributed by atoms with Gasteiger partial charge in [0.2, 0.25) is 0 Å². The third kappa shape index (κ3) is 1.16. The molecule has 0 bridgehead atoms. The van der Waals surface area contributed by atoms with Crippen molar-refractivity contribution >= 4 is 0 Å². The molecule has 0 fully saturated rings. The van der Waals surface area contributed by atoms with E-state index < -0.39 is 0 Å². The molecule has 10 heavy (non-hydrogen) atoms. The Hall–Kier alpha value is -0.890. The number of halogens is 1. The topological polar surface area (TPSA) is 20.2 Å². The van der Waals surface area contributed by atoms with Gasteiger partial charge in [-0.05, 0) is 24.1 Å². The van der Waals surface area contributed by atoms with Crippen molar-refractivity contribution in [3.63, 3.8) is 0 Å². The maximum absolute atomic E-state index is 12.7. The molecule has 1 nitrogen and oxygen atoms in total. The molecule has 0 amide bonds. The highest BCUT2D eigenvalue weighted by Gasteiger charge is 1.99. The molecule has 1 N–H and O–H groups in total. The summed E-state index contributed by atoms with van der Waals surface area (Å²) >= 11 is 0. The van der Waals surface area contributed by atoms with E-state index in [1.54, 1.807) is 19.1 Å². The average molecular weight is 140 g/mol. The average Bonchev–Trinajstić information content (AvgIpc) is 1.95. The van der Waals surface area contributed by atoms with Crippen LogP contribution in [0.3, 0.4) is 0 Å². The zero-order valence-corrected chi connectivity index (χ0v) is 5.76. The maximum atomic E-state index is 12.7. The molecule has 1 rings (SSSR count). The van der Waals surface area contributed by atoms with Gasteiger partial charge in [-0.15, -0.1) is 0 Å². The molecule has 0 atom stereocenters. The number of hydrogen-bond acceptors (Lipinski definition) is 1. The van der Waals surface area contributed by atoms with Crippen LogP contribution in [0.1, 0.15) is 11.1 Å². The van der Waals surface area contributed by atoms with Crippen molar-refractivity contribution in [1.29, 1.82) is 0 Å². The van der Waals surface area contributed by atoms with Crippen LogP contribution >= 0.6 is 0 Å². The Bertz CT molecular complexity index is 233. The molecule has 0 radical (unpaired) electrons. The van der Waals surface area contributed by atoms with Gasteiger partial charge >= 0.3 is 0 Å². The van der Waals surface area contributed by atoms with E-state index in [1.807, 2.05) is 0 Å². The summed E-state index contributed by atoms with van der Waals surface area (Å²) < 4.78 is 12.7. The second-order valence-corrected chi connectivity index (χ2v) is 2.18. The Kier molecular flexibility index (Phi) is 2.02.